The predicted molar refractivity (Wildman–Crippen MR) is 178 cm³/mol. The first-order valence-corrected chi connectivity index (χ1v) is 16.6. The summed E-state index contributed by atoms with van der Waals surface area (Å²) in [6.45, 7) is 6.32. The molecule has 2 saturated heterocycles. The Morgan fingerprint density at radius 1 is 0.915 bits per heavy atom. The van der Waals surface area contributed by atoms with Crippen LogP contribution in [0, 0.1) is 0 Å². The molecule has 4 N–H and O–H groups in total. The van der Waals surface area contributed by atoms with Crippen LogP contribution in [-0.4, -0.2) is 84.7 Å². The lowest BCUT2D eigenvalue weighted by molar-refractivity contribution is -0.0434. The van der Waals surface area contributed by atoms with Crippen LogP contribution in [0.4, 0.5) is 11.8 Å². The second-order valence-corrected chi connectivity index (χ2v) is 12.3. The number of hydrogen-bond acceptors (Lipinski definition) is 11. The predicted octanol–water partition coefficient (Wildman–Crippen LogP) is 4.51. The molecular formula is C35H42N8O4. The molecule has 4 atom stereocenters. The third-order valence-electron chi connectivity index (χ3n) is 9.19. The number of ether oxygens (including phenoxy) is 1. The standard InChI is InChI=1S/C35H42N8O4/c1-2-25-20-27(47-41-25)31-29(44)30(45)34(46-31)43-22-38-28-32(39-35(40-33(28)43)36-16-19-42-17-10-5-11-18-42)37-21-26(23-12-6-3-7-13-23)24-14-8-4-9-15-24/h3-4,6-9,12-15,20,22,26,29-31,34,44-45H,2,5,10-11,16-19,21H2,1H3,(H2,36,37,39,40)/t29-,30+,31?,34+/m0/s1. The van der Waals surface area contributed by atoms with E-state index >= 15 is 0 Å². The van der Waals surface area contributed by atoms with E-state index in [0.29, 0.717) is 48.2 Å². The molecule has 2 fully saturated rings. The van der Waals surface area contributed by atoms with Crippen molar-refractivity contribution in [1.82, 2.24) is 29.6 Å². The van der Waals surface area contributed by atoms with Crippen LogP contribution < -0.4 is 10.6 Å². The molecule has 47 heavy (non-hydrogen) atoms. The second-order valence-electron chi connectivity index (χ2n) is 12.3. The highest BCUT2D eigenvalue weighted by Gasteiger charge is 2.47. The molecule has 0 amide bonds. The molecule has 3 aromatic heterocycles. The van der Waals surface area contributed by atoms with Crippen LogP contribution in [0.2, 0.25) is 0 Å². The minimum absolute atomic E-state index is 0.0609. The first kappa shape index (κ1) is 31.3. The maximum atomic E-state index is 11.2. The molecule has 7 rings (SSSR count). The highest BCUT2D eigenvalue weighted by atomic mass is 16.6. The number of fused-ring (bicyclic) bond motifs is 1. The van der Waals surface area contributed by atoms with Crippen molar-refractivity contribution in [2.75, 3.05) is 43.4 Å². The number of benzene rings is 2. The molecule has 12 nitrogen and oxygen atoms in total. The molecular weight excluding hydrogens is 596 g/mol. The van der Waals surface area contributed by atoms with E-state index in [0.717, 1.165) is 25.3 Å². The summed E-state index contributed by atoms with van der Waals surface area (Å²) < 4.78 is 13.3. The van der Waals surface area contributed by atoms with Crippen molar-refractivity contribution in [3.63, 3.8) is 0 Å². The van der Waals surface area contributed by atoms with Gasteiger partial charge >= 0.3 is 0 Å². The fourth-order valence-electron chi connectivity index (χ4n) is 6.56. The van der Waals surface area contributed by atoms with E-state index < -0.39 is 24.5 Å². The summed E-state index contributed by atoms with van der Waals surface area (Å²) in [7, 11) is 0. The zero-order chi connectivity index (χ0) is 32.2. The molecule has 0 saturated carbocycles. The van der Waals surface area contributed by atoms with E-state index in [9.17, 15) is 10.2 Å². The summed E-state index contributed by atoms with van der Waals surface area (Å²) in [5, 5.41) is 33.2. The summed E-state index contributed by atoms with van der Waals surface area (Å²) in [4.78, 5) is 16.9. The quantitative estimate of drug-likeness (QED) is 0.153. The molecule has 5 aromatic rings. The SMILES string of the molecule is CCc1cc(C2O[C@@H](n3cnc4c(NCC(c5ccccc5)c5ccccc5)nc(NCCN5CCCCC5)nc43)[C@H](O)[C@@H]2O)on1. The van der Waals surface area contributed by atoms with Crippen molar-refractivity contribution in [1.29, 1.82) is 0 Å². The van der Waals surface area contributed by atoms with Crippen molar-refractivity contribution >= 4 is 22.9 Å². The molecule has 0 radical (unpaired) electrons. The minimum atomic E-state index is -1.25. The zero-order valence-electron chi connectivity index (χ0n) is 26.6. The van der Waals surface area contributed by atoms with E-state index in [1.807, 2.05) is 19.1 Å². The van der Waals surface area contributed by atoms with Gasteiger partial charge in [-0.05, 0) is 43.5 Å². The van der Waals surface area contributed by atoms with Crippen molar-refractivity contribution in [3.8, 4) is 0 Å². The lowest BCUT2D eigenvalue weighted by atomic mass is 9.91. The largest absolute Gasteiger partial charge is 0.387 e. The Kier molecular flexibility index (Phi) is 9.43. The molecule has 2 aliphatic rings. The number of imidazole rings is 1. The topological polar surface area (TPSA) is 147 Å². The Morgan fingerprint density at radius 2 is 1.64 bits per heavy atom. The third-order valence-corrected chi connectivity index (χ3v) is 9.19. The van der Waals surface area contributed by atoms with Gasteiger partial charge in [0.25, 0.3) is 0 Å². The van der Waals surface area contributed by atoms with Crippen LogP contribution in [0.5, 0.6) is 0 Å². The smallest absolute Gasteiger partial charge is 0.226 e. The van der Waals surface area contributed by atoms with Crippen LogP contribution in [0.15, 0.2) is 77.6 Å². The molecule has 0 aliphatic carbocycles. The molecule has 0 spiro atoms. The van der Waals surface area contributed by atoms with E-state index in [1.165, 1.54) is 30.4 Å². The number of aryl methyl sites for hydroxylation is 1. The Morgan fingerprint density at radius 3 is 2.32 bits per heavy atom. The molecule has 12 heteroatoms. The van der Waals surface area contributed by atoms with Crippen LogP contribution >= 0.6 is 0 Å². The van der Waals surface area contributed by atoms with Gasteiger partial charge in [-0.25, -0.2) is 4.98 Å². The van der Waals surface area contributed by atoms with Gasteiger partial charge in [-0.15, -0.1) is 0 Å². The summed E-state index contributed by atoms with van der Waals surface area (Å²) in [6, 6.07) is 22.5. The van der Waals surface area contributed by atoms with Gasteiger partial charge in [0.2, 0.25) is 5.95 Å². The molecule has 246 valence electrons. The third kappa shape index (κ3) is 6.72. The average Bonchev–Trinajstić information content (AvgIpc) is 3.84. The molecule has 2 aromatic carbocycles. The highest BCUT2D eigenvalue weighted by molar-refractivity contribution is 5.84. The maximum absolute atomic E-state index is 11.2. The van der Waals surface area contributed by atoms with Crippen LogP contribution in [0.25, 0.3) is 11.2 Å². The van der Waals surface area contributed by atoms with Gasteiger partial charge in [-0.3, -0.25) is 4.57 Å². The number of anilines is 2. The zero-order valence-corrected chi connectivity index (χ0v) is 26.6. The fraction of sp³-hybridized carbons (Fsp3) is 0.429. The number of aliphatic hydroxyl groups excluding tert-OH is 2. The number of aliphatic hydroxyl groups is 2. The van der Waals surface area contributed by atoms with Gasteiger partial charge in [0.15, 0.2) is 29.0 Å². The highest BCUT2D eigenvalue weighted by Crippen LogP contribution is 2.40. The molecule has 2 aliphatic heterocycles. The van der Waals surface area contributed by atoms with Crippen LogP contribution in [0.3, 0.4) is 0 Å². The first-order valence-electron chi connectivity index (χ1n) is 16.6. The number of nitrogens with zero attached hydrogens (tertiary/aromatic N) is 6. The van der Waals surface area contributed by atoms with Crippen molar-refractivity contribution in [2.24, 2.45) is 0 Å². The van der Waals surface area contributed by atoms with Crippen LogP contribution in [-0.2, 0) is 11.2 Å². The molecule has 1 unspecified atom stereocenters. The van der Waals surface area contributed by atoms with Gasteiger partial charge in [0.1, 0.15) is 18.3 Å². The Balaban J connectivity index is 1.19. The van der Waals surface area contributed by atoms with Crippen molar-refractivity contribution in [2.45, 2.75) is 63.1 Å². The van der Waals surface area contributed by atoms with E-state index in [-0.39, 0.29) is 5.92 Å². The lowest BCUT2D eigenvalue weighted by Gasteiger charge is -2.26. The summed E-state index contributed by atoms with van der Waals surface area (Å²) >= 11 is 0. The van der Waals surface area contributed by atoms with Gasteiger partial charge in [0.05, 0.1) is 12.0 Å². The average molecular weight is 639 g/mol. The molecule has 5 heterocycles. The summed E-state index contributed by atoms with van der Waals surface area (Å²) in [5.41, 5.74) is 4.12. The van der Waals surface area contributed by atoms with Gasteiger partial charge < -0.3 is 35.0 Å². The normalized spacial score (nSPS) is 21.9. The van der Waals surface area contributed by atoms with E-state index in [1.54, 1.807) is 17.0 Å². The fourth-order valence-corrected chi connectivity index (χ4v) is 6.56. The number of nitrogens with one attached hydrogen (secondary N) is 2. The van der Waals surface area contributed by atoms with Gasteiger partial charge in [-0.1, -0.05) is 79.2 Å². The number of likely N-dealkylation sites (tertiary alicyclic amines) is 1. The van der Waals surface area contributed by atoms with Gasteiger partial charge in [-0.2, -0.15) is 9.97 Å². The second kappa shape index (κ2) is 14.2. The molecule has 0 bridgehead atoms. The van der Waals surface area contributed by atoms with Crippen molar-refractivity contribution in [3.05, 3.63) is 95.6 Å². The minimum Gasteiger partial charge on any atom is -0.387 e. The number of aromatic nitrogens is 5. The number of hydrogen-bond donors (Lipinski definition) is 4. The summed E-state index contributed by atoms with van der Waals surface area (Å²) in [5.74, 6) is 1.44. The first-order chi connectivity index (χ1) is 23.1. The van der Waals surface area contributed by atoms with E-state index in [2.05, 4.69) is 74.2 Å². The summed E-state index contributed by atoms with van der Waals surface area (Å²) in [6.07, 6.45) is 1.67. The lowest BCUT2D eigenvalue weighted by Crippen LogP contribution is -2.34. The number of piperidine rings is 1. The number of rotatable bonds is 12. The van der Waals surface area contributed by atoms with E-state index in [4.69, 9.17) is 19.2 Å². The monoisotopic (exact) mass is 638 g/mol. The van der Waals surface area contributed by atoms with Gasteiger partial charge in [0, 0.05) is 31.6 Å². The Bertz CT molecular complexity index is 1700. The maximum Gasteiger partial charge on any atom is 0.226 e. The van der Waals surface area contributed by atoms with Crippen molar-refractivity contribution < 1.29 is 19.5 Å². The Hall–Kier alpha value is -4.36. The Labute approximate surface area is 273 Å². The van der Waals surface area contributed by atoms with Crippen LogP contribution in [0.1, 0.15) is 67.0 Å².